The van der Waals surface area contributed by atoms with Crippen molar-refractivity contribution >= 4 is 17.5 Å². The minimum Gasteiger partial charge on any atom is -0.342 e. The van der Waals surface area contributed by atoms with Crippen LogP contribution in [0.2, 0.25) is 5.02 Å². The molecule has 1 amide bonds. The van der Waals surface area contributed by atoms with Crippen LogP contribution in [0.25, 0.3) is 0 Å². The molecule has 1 fully saturated rings. The minimum atomic E-state index is -0.591. The number of aryl methyl sites for hydroxylation is 1. The molecule has 1 aliphatic rings. The van der Waals surface area contributed by atoms with E-state index in [-0.39, 0.29) is 16.1 Å². The molecular formula is C17H15ClFNO. The zero-order chi connectivity index (χ0) is 15.0. The van der Waals surface area contributed by atoms with Gasteiger partial charge in [-0.3, -0.25) is 4.79 Å². The monoisotopic (exact) mass is 303 g/mol. The predicted molar refractivity (Wildman–Crippen MR) is 81.0 cm³/mol. The average molecular weight is 304 g/mol. The van der Waals surface area contributed by atoms with Crippen LogP contribution in [0, 0.1) is 12.7 Å². The molecule has 0 aliphatic heterocycles. The molecule has 108 valence electrons. The Bertz CT molecular complexity index is 695. The second-order valence-electron chi connectivity index (χ2n) is 5.46. The van der Waals surface area contributed by atoms with Crippen molar-refractivity contribution in [3.63, 3.8) is 0 Å². The van der Waals surface area contributed by atoms with E-state index in [0.717, 1.165) is 18.4 Å². The summed E-state index contributed by atoms with van der Waals surface area (Å²) >= 11 is 6.09. The van der Waals surface area contributed by atoms with Gasteiger partial charge in [0.15, 0.2) is 0 Å². The molecule has 2 nitrogen and oxygen atoms in total. The van der Waals surface area contributed by atoms with Gasteiger partial charge in [-0.25, -0.2) is 4.39 Å². The van der Waals surface area contributed by atoms with Gasteiger partial charge in [-0.05, 0) is 37.0 Å². The van der Waals surface area contributed by atoms with Gasteiger partial charge in [0.05, 0.1) is 16.1 Å². The van der Waals surface area contributed by atoms with Crippen molar-refractivity contribution in [3.05, 3.63) is 70.0 Å². The van der Waals surface area contributed by atoms with Crippen molar-refractivity contribution in [1.29, 1.82) is 0 Å². The standard InChI is InChI=1S/C17H15ClFNO/c1-11-7-8-13(19)14(15(11)18)16(21)20-17(9-10-17)12-5-3-2-4-6-12/h2-8H,9-10H2,1H3,(H,20,21). The Labute approximate surface area is 127 Å². The third kappa shape index (κ3) is 2.54. The first-order valence-corrected chi connectivity index (χ1v) is 7.24. The smallest absolute Gasteiger partial charge is 0.256 e. The number of carbonyl (C=O) groups excluding carboxylic acids is 1. The molecule has 0 heterocycles. The molecule has 0 unspecified atom stereocenters. The van der Waals surface area contributed by atoms with Crippen LogP contribution in [-0.2, 0) is 5.54 Å². The van der Waals surface area contributed by atoms with Crippen LogP contribution in [0.4, 0.5) is 4.39 Å². The highest BCUT2D eigenvalue weighted by Crippen LogP contribution is 2.45. The number of amides is 1. The zero-order valence-electron chi connectivity index (χ0n) is 11.6. The molecule has 0 saturated heterocycles. The lowest BCUT2D eigenvalue weighted by atomic mass is 10.0. The lowest BCUT2D eigenvalue weighted by molar-refractivity contribution is 0.0927. The van der Waals surface area contributed by atoms with Gasteiger partial charge >= 0.3 is 0 Å². The molecule has 4 heteroatoms. The van der Waals surface area contributed by atoms with Gasteiger partial charge in [-0.1, -0.05) is 48.0 Å². The molecule has 0 spiro atoms. The molecule has 3 rings (SSSR count). The van der Waals surface area contributed by atoms with Gasteiger partial charge in [0, 0.05) is 0 Å². The number of nitrogens with one attached hydrogen (secondary N) is 1. The van der Waals surface area contributed by atoms with Crippen LogP contribution in [0.5, 0.6) is 0 Å². The number of halogens is 2. The number of carbonyl (C=O) groups is 1. The highest BCUT2D eigenvalue weighted by molar-refractivity contribution is 6.34. The number of hydrogen-bond acceptors (Lipinski definition) is 1. The predicted octanol–water partition coefficient (Wildman–Crippen LogP) is 4.21. The van der Waals surface area contributed by atoms with E-state index in [1.54, 1.807) is 13.0 Å². The molecule has 1 aliphatic carbocycles. The van der Waals surface area contributed by atoms with Gasteiger partial charge in [-0.15, -0.1) is 0 Å². The molecule has 0 atom stereocenters. The van der Waals surface area contributed by atoms with E-state index in [0.29, 0.717) is 5.56 Å². The Kier molecular flexibility index (Phi) is 3.46. The first-order valence-electron chi connectivity index (χ1n) is 6.86. The van der Waals surface area contributed by atoms with E-state index in [4.69, 9.17) is 11.6 Å². The fourth-order valence-electron chi connectivity index (χ4n) is 2.51. The molecule has 21 heavy (non-hydrogen) atoms. The number of benzene rings is 2. The number of hydrogen-bond donors (Lipinski definition) is 1. The Balaban J connectivity index is 1.90. The van der Waals surface area contributed by atoms with Crippen molar-refractivity contribution in [2.75, 3.05) is 0 Å². The Hall–Kier alpha value is -1.87. The quantitative estimate of drug-likeness (QED) is 0.904. The molecule has 0 aromatic heterocycles. The number of rotatable bonds is 3. The average Bonchev–Trinajstić information content (AvgIpc) is 3.25. The molecule has 1 N–H and O–H groups in total. The zero-order valence-corrected chi connectivity index (χ0v) is 12.4. The van der Waals surface area contributed by atoms with Crippen LogP contribution < -0.4 is 5.32 Å². The summed E-state index contributed by atoms with van der Waals surface area (Å²) in [5.41, 5.74) is 1.28. The largest absolute Gasteiger partial charge is 0.342 e. The normalized spacial score (nSPS) is 15.6. The lowest BCUT2D eigenvalue weighted by Crippen LogP contribution is -2.35. The SMILES string of the molecule is Cc1ccc(F)c(C(=O)NC2(c3ccccc3)CC2)c1Cl. The maximum absolute atomic E-state index is 13.9. The summed E-state index contributed by atoms with van der Waals surface area (Å²) in [7, 11) is 0. The van der Waals surface area contributed by atoms with Crippen LogP contribution in [0.15, 0.2) is 42.5 Å². The van der Waals surface area contributed by atoms with Crippen LogP contribution in [0.3, 0.4) is 0 Å². The van der Waals surface area contributed by atoms with E-state index >= 15 is 0 Å². The second-order valence-corrected chi connectivity index (χ2v) is 5.83. The van der Waals surface area contributed by atoms with Crippen LogP contribution in [-0.4, -0.2) is 5.91 Å². The molecular weight excluding hydrogens is 289 g/mol. The first kappa shape index (κ1) is 14.1. The fraction of sp³-hybridized carbons (Fsp3) is 0.235. The first-order chi connectivity index (χ1) is 10.0. The summed E-state index contributed by atoms with van der Waals surface area (Å²) in [5.74, 6) is -1.05. The maximum atomic E-state index is 13.9. The van der Waals surface area contributed by atoms with Crippen molar-refractivity contribution in [3.8, 4) is 0 Å². The topological polar surface area (TPSA) is 29.1 Å². The molecule has 2 aromatic carbocycles. The van der Waals surface area contributed by atoms with Crippen molar-refractivity contribution in [2.24, 2.45) is 0 Å². The van der Waals surface area contributed by atoms with Gasteiger partial charge in [-0.2, -0.15) is 0 Å². The summed E-state index contributed by atoms with van der Waals surface area (Å²) in [6.07, 6.45) is 1.71. The highest BCUT2D eigenvalue weighted by atomic mass is 35.5. The maximum Gasteiger partial charge on any atom is 0.256 e. The summed E-state index contributed by atoms with van der Waals surface area (Å²) in [6, 6.07) is 12.6. The van der Waals surface area contributed by atoms with Gasteiger partial charge < -0.3 is 5.32 Å². The van der Waals surface area contributed by atoms with E-state index < -0.39 is 11.7 Å². The van der Waals surface area contributed by atoms with E-state index in [2.05, 4.69) is 5.32 Å². The summed E-state index contributed by atoms with van der Waals surface area (Å²) in [4.78, 5) is 12.4. The summed E-state index contributed by atoms with van der Waals surface area (Å²) < 4.78 is 13.9. The van der Waals surface area contributed by atoms with Crippen molar-refractivity contribution in [2.45, 2.75) is 25.3 Å². The van der Waals surface area contributed by atoms with Crippen molar-refractivity contribution < 1.29 is 9.18 Å². The van der Waals surface area contributed by atoms with Gasteiger partial charge in [0.2, 0.25) is 0 Å². The lowest BCUT2D eigenvalue weighted by Gasteiger charge is -2.19. The fourth-order valence-corrected chi connectivity index (χ4v) is 2.75. The van der Waals surface area contributed by atoms with Gasteiger partial charge in [0.25, 0.3) is 5.91 Å². The third-order valence-corrected chi connectivity index (χ3v) is 4.43. The van der Waals surface area contributed by atoms with Crippen LogP contribution >= 0.6 is 11.6 Å². The Morgan fingerprint density at radius 2 is 1.86 bits per heavy atom. The van der Waals surface area contributed by atoms with Crippen LogP contribution in [0.1, 0.15) is 34.3 Å². The van der Waals surface area contributed by atoms with E-state index in [1.165, 1.54) is 6.07 Å². The molecule has 2 aromatic rings. The summed E-state index contributed by atoms with van der Waals surface area (Å²) in [6.45, 7) is 1.75. The molecule has 1 saturated carbocycles. The third-order valence-electron chi connectivity index (χ3n) is 3.94. The Morgan fingerprint density at radius 3 is 2.48 bits per heavy atom. The molecule has 0 radical (unpaired) electrons. The second kappa shape index (κ2) is 5.15. The van der Waals surface area contributed by atoms with Gasteiger partial charge in [0.1, 0.15) is 5.82 Å². The van der Waals surface area contributed by atoms with E-state index in [1.807, 2.05) is 30.3 Å². The minimum absolute atomic E-state index is 0.0705. The van der Waals surface area contributed by atoms with Crippen molar-refractivity contribution in [1.82, 2.24) is 5.32 Å². The Morgan fingerprint density at radius 1 is 1.19 bits per heavy atom. The molecule has 0 bridgehead atoms. The summed E-state index contributed by atoms with van der Waals surface area (Å²) in [5, 5.41) is 3.12. The van der Waals surface area contributed by atoms with E-state index in [9.17, 15) is 9.18 Å². The highest BCUT2D eigenvalue weighted by Gasteiger charge is 2.46.